The van der Waals surface area contributed by atoms with Crippen LogP contribution >= 0.6 is 0 Å². The van der Waals surface area contributed by atoms with Gasteiger partial charge in [0.2, 0.25) is 0 Å². The average molecular weight is 371 g/mol. The summed E-state index contributed by atoms with van der Waals surface area (Å²) in [6.07, 6.45) is 11.6. The van der Waals surface area contributed by atoms with Gasteiger partial charge in [-0.25, -0.2) is 9.97 Å². The molecule has 0 saturated carbocycles. The average Bonchev–Trinajstić information content (AvgIpc) is 3.46. The van der Waals surface area contributed by atoms with Crippen molar-refractivity contribution in [3.05, 3.63) is 103 Å². The molecule has 0 fully saturated rings. The highest BCUT2D eigenvalue weighted by Crippen LogP contribution is 2.19. The Morgan fingerprint density at radius 2 is 1.68 bits per heavy atom. The first-order valence-electron chi connectivity index (χ1n) is 9.19. The van der Waals surface area contributed by atoms with Gasteiger partial charge in [0.1, 0.15) is 0 Å². The van der Waals surface area contributed by atoms with Gasteiger partial charge in [0.25, 0.3) is 5.91 Å². The van der Waals surface area contributed by atoms with E-state index in [4.69, 9.17) is 0 Å². The van der Waals surface area contributed by atoms with Crippen LogP contribution in [0.25, 0.3) is 5.69 Å². The van der Waals surface area contributed by atoms with Crippen molar-refractivity contribution in [1.29, 1.82) is 0 Å². The molecule has 0 aliphatic heterocycles. The molecule has 2 aromatic carbocycles. The van der Waals surface area contributed by atoms with Crippen LogP contribution in [-0.2, 0) is 6.54 Å². The van der Waals surface area contributed by atoms with Crippen LogP contribution in [0.15, 0.2) is 92.0 Å². The first-order chi connectivity index (χ1) is 13.8. The minimum absolute atomic E-state index is 0.0792. The number of hydrogen-bond acceptors (Lipinski definition) is 3. The zero-order valence-electron chi connectivity index (χ0n) is 15.3. The van der Waals surface area contributed by atoms with Crippen LogP contribution in [0.4, 0.5) is 0 Å². The van der Waals surface area contributed by atoms with Crippen LogP contribution in [0.2, 0.25) is 0 Å². The monoisotopic (exact) mass is 371 g/mol. The van der Waals surface area contributed by atoms with Crippen LogP contribution in [0, 0.1) is 0 Å². The molecule has 140 valence electrons. The lowest BCUT2D eigenvalue weighted by atomic mass is 10.0. The summed E-state index contributed by atoms with van der Waals surface area (Å²) in [4.78, 5) is 21.0. The Balaban J connectivity index is 1.48. The van der Waals surface area contributed by atoms with Crippen molar-refractivity contribution in [2.45, 2.75) is 19.0 Å². The lowest BCUT2D eigenvalue weighted by molar-refractivity contribution is 0.0933. The third-order valence-corrected chi connectivity index (χ3v) is 4.67. The number of carbonyl (C=O) groups is 1. The standard InChI is InChI=1S/C22H21N5O/c28-22(19-6-8-20(9-7-19)27-15-12-24-17-27)25-21(18-4-2-1-3-5-18)10-13-26-14-11-23-16-26/h1-9,11-12,14-17,21H,10,13H2,(H,25,28)/t21-/m0/s1. The van der Waals surface area contributed by atoms with Crippen molar-refractivity contribution in [2.24, 2.45) is 0 Å². The second kappa shape index (κ2) is 8.35. The Kier molecular flexibility index (Phi) is 5.29. The van der Waals surface area contributed by atoms with E-state index >= 15 is 0 Å². The van der Waals surface area contributed by atoms with E-state index in [1.54, 1.807) is 25.0 Å². The van der Waals surface area contributed by atoms with E-state index in [9.17, 15) is 4.79 Å². The Morgan fingerprint density at radius 3 is 2.36 bits per heavy atom. The minimum Gasteiger partial charge on any atom is -0.345 e. The molecule has 0 saturated heterocycles. The highest BCUT2D eigenvalue weighted by atomic mass is 16.1. The Morgan fingerprint density at radius 1 is 0.929 bits per heavy atom. The van der Waals surface area contributed by atoms with E-state index in [0.717, 1.165) is 24.2 Å². The fourth-order valence-corrected chi connectivity index (χ4v) is 3.14. The van der Waals surface area contributed by atoms with E-state index in [2.05, 4.69) is 15.3 Å². The number of rotatable bonds is 7. The third-order valence-electron chi connectivity index (χ3n) is 4.67. The van der Waals surface area contributed by atoms with Gasteiger partial charge in [-0.2, -0.15) is 0 Å². The van der Waals surface area contributed by atoms with Gasteiger partial charge in [0.15, 0.2) is 0 Å². The maximum Gasteiger partial charge on any atom is 0.251 e. The number of hydrogen-bond donors (Lipinski definition) is 1. The lowest BCUT2D eigenvalue weighted by Crippen LogP contribution is -2.29. The number of carbonyl (C=O) groups excluding carboxylic acids is 1. The maximum absolute atomic E-state index is 12.8. The molecule has 0 spiro atoms. The van der Waals surface area contributed by atoms with Crippen molar-refractivity contribution in [3.8, 4) is 5.69 Å². The Hall–Kier alpha value is -3.67. The van der Waals surface area contributed by atoms with Gasteiger partial charge in [-0.3, -0.25) is 4.79 Å². The molecule has 1 N–H and O–H groups in total. The summed E-state index contributed by atoms with van der Waals surface area (Å²) in [5.74, 6) is -0.0864. The summed E-state index contributed by atoms with van der Waals surface area (Å²) in [6, 6.07) is 17.5. The molecule has 1 atom stereocenters. The van der Waals surface area contributed by atoms with E-state index in [0.29, 0.717) is 5.56 Å². The molecular formula is C22H21N5O. The number of nitrogens with zero attached hydrogens (tertiary/aromatic N) is 4. The summed E-state index contributed by atoms with van der Waals surface area (Å²) in [5, 5.41) is 3.17. The molecule has 4 rings (SSSR count). The fraction of sp³-hybridized carbons (Fsp3) is 0.136. The van der Waals surface area contributed by atoms with Gasteiger partial charge >= 0.3 is 0 Å². The smallest absolute Gasteiger partial charge is 0.251 e. The van der Waals surface area contributed by atoms with E-state index in [-0.39, 0.29) is 11.9 Å². The number of aryl methyl sites for hydroxylation is 1. The van der Waals surface area contributed by atoms with E-state index < -0.39 is 0 Å². The lowest BCUT2D eigenvalue weighted by Gasteiger charge is -2.20. The van der Waals surface area contributed by atoms with Gasteiger partial charge in [-0.15, -0.1) is 0 Å². The van der Waals surface area contributed by atoms with E-state index in [1.807, 2.05) is 76.1 Å². The van der Waals surface area contributed by atoms with Crippen molar-refractivity contribution < 1.29 is 4.79 Å². The van der Waals surface area contributed by atoms with Crippen molar-refractivity contribution in [1.82, 2.24) is 24.4 Å². The molecule has 2 aromatic heterocycles. The van der Waals surface area contributed by atoms with Gasteiger partial charge in [0, 0.05) is 42.6 Å². The molecule has 2 heterocycles. The molecule has 0 aliphatic carbocycles. The highest BCUT2D eigenvalue weighted by Gasteiger charge is 2.16. The maximum atomic E-state index is 12.8. The van der Waals surface area contributed by atoms with Gasteiger partial charge in [0.05, 0.1) is 18.7 Å². The number of amides is 1. The molecular weight excluding hydrogens is 350 g/mol. The van der Waals surface area contributed by atoms with Gasteiger partial charge < -0.3 is 14.5 Å². The zero-order chi connectivity index (χ0) is 19.2. The van der Waals surface area contributed by atoms with Crippen LogP contribution in [0.3, 0.4) is 0 Å². The number of benzene rings is 2. The zero-order valence-corrected chi connectivity index (χ0v) is 15.3. The van der Waals surface area contributed by atoms with Crippen LogP contribution in [-0.4, -0.2) is 25.0 Å². The molecule has 4 aromatic rings. The molecule has 0 radical (unpaired) electrons. The predicted molar refractivity (Wildman–Crippen MR) is 107 cm³/mol. The Bertz CT molecular complexity index is 993. The third kappa shape index (κ3) is 4.17. The normalized spacial score (nSPS) is 11.9. The molecule has 6 heteroatoms. The summed E-state index contributed by atoms with van der Waals surface area (Å²) in [7, 11) is 0. The number of aromatic nitrogens is 4. The minimum atomic E-state index is -0.0864. The number of imidazole rings is 2. The predicted octanol–water partition coefficient (Wildman–Crippen LogP) is 3.63. The SMILES string of the molecule is O=C(N[C@@H](CCn1ccnc1)c1ccccc1)c1ccc(-n2ccnc2)cc1. The quantitative estimate of drug-likeness (QED) is 0.539. The molecule has 1 amide bonds. The molecule has 6 nitrogen and oxygen atoms in total. The van der Waals surface area contributed by atoms with Gasteiger partial charge in [-0.1, -0.05) is 30.3 Å². The second-order valence-electron chi connectivity index (χ2n) is 6.54. The van der Waals surface area contributed by atoms with Crippen molar-refractivity contribution >= 4 is 5.91 Å². The molecule has 0 bridgehead atoms. The summed E-state index contributed by atoms with van der Waals surface area (Å²) >= 11 is 0. The first kappa shape index (κ1) is 17.7. The molecule has 0 aliphatic rings. The summed E-state index contributed by atoms with van der Waals surface area (Å²) in [5.41, 5.74) is 2.69. The largest absolute Gasteiger partial charge is 0.345 e. The molecule has 0 unspecified atom stereocenters. The first-order valence-corrected chi connectivity index (χ1v) is 9.19. The van der Waals surface area contributed by atoms with Gasteiger partial charge in [-0.05, 0) is 36.2 Å². The summed E-state index contributed by atoms with van der Waals surface area (Å²) in [6.45, 7) is 0.777. The highest BCUT2D eigenvalue weighted by molar-refractivity contribution is 5.94. The Labute approximate surface area is 163 Å². The molecule has 28 heavy (non-hydrogen) atoms. The van der Waals surface area contributed by atoms with Crippen LogP contribution in [0.1, 0.15) is 28.4 Å². The fourth-order valence-electron chi connectivity index (χ4n) is 3.14. The topological polar surface area (TPSA) is 64.7 Å². The second-order valence-corrected chi connectivity index (χ2v) is 6.54. The summed E-state index contributed by atoms with van der Waals surface area (Å²) < 4.78 is 3.92. The van der Waals surface area contributed by atoms with Crippen molar-refractivity contribution in [2.75, 3.05) is 0 Å². The van der Waals surface area contributed by atoms with E-state index in [1.165, 1.54) is 0 Å². The van der Waals surface area contributed by atoms with Crippen LogP contribution in [0.5, 0.6) is 0 Å². The van der Waals surface area contributed by atoms with Crippen molar-refractivity contribution in [3.63, 3.8) is 0 Å². The number of nitrogens with one attached hydrogen (secondary N) is 1. The van der Waals surface area contributed by atoms with Crippen LogP contribution < -0.4 is 5.32 Å².